The Hall–Kier alpha value is -0.450. The van der Waals surface area contributed by atoms with Gasteiger partial charge < -0.3 is 10.4 Å². The molecular formula is C14H19BrFNO. The molecule has 1 heterocycles. The van der Waals surface area contributed by atoms with E-state index in [1.165, 1.54) is 6.07 Å². The highest BCUT2D eigenvalue weighted by Crippen LogP contribution is 2.29. The Morgan fingerprint density at radius 2 is 2.33 bits per heavy atom. The molecular weight excluding hydrogens is 297 g/mol. The van der Waals surface area contributed by atoms with Crippen LogP contribution in [0.5, 0.6) is 0 Å². The molecule has 1 saturated heterocycles. The van der Waals surface area contributed by atoms with E-state index in [1.807, 2.05) is 13.0 Å². The van der Waals surface area contributed by atoms with Gasteiger partial charge >= 0.3 is 0 Å². The van der Waals surface area contributed by atoms with E-state index in [4.69, 9.17) is 0 Å². The van der Waals surface area contributed by atoms with Crippen molar-refractivity contribution in [3.8, 4) is 0 Å². The van der Waals surface area contributed by atoms with E-state index in [2.05, 4.69) is 21.2 Å². The first kappa shape index (κ1) is 14.0. The summed E-state index contributed by atoms with van der Waals surface area (Å²) < 4.78 is 14.5. The zero-order chi connectivity index (χ0) is 13.2. The van der Waals surface area contributed by atoms with Crippen LogP contribution in [0.15, 0.2) is 22.7 Å². The maximum absolute atomic E-state index is 13.8. The van der Waals surface area contributed by atoms with E-state index in [9.17, 15) is 9.50 Å². The van der Waals surface area contributed by atoms with Gasteiger partial charge in [0, 0.05) is 23.4 Å². The van der Waals surface area contributed by atoms with Crippen molar-refractivity contribution in [3.05, 3.63) is 34.1 Å². The van der Waals surface area contributed by atoms with Crippen LogP contribution in [0, 0.1) is 11.7 Å². The lowest BCUT2D eigenvalue weighted by molar-refractivity contribution is -0.0108. The third-order valence-corrected chi connectivity index (χ3v) is 4.23. The summed E-state index contributed by atoms with van der Waals surface area (Å²) in [6.07, 6.45) is 2.43. The molecule has 0 saturated carbocycles. The largest absolute Gasteiger partial charge is 0.389 e. The van der Waals surface area contributed by atoms with Gasteiger partial charge in [-0.1, -0.05) is 22.0 Å². The first-order valence-corrected chi connectivity index (χ1v) is 7.15. The maximum atomic E-state index is 13.8. The van der Waals surface area contributed by atoms with Crippen molar-refractivity contribution < 1.29 is 9.50 Å². The van der Waals surface area contributed by atoms with E-state index < -0.39 is 5.60 Å². The van der Waals surface area contributed by atoms with Crippen LogP contribution in [0.2, 0.25) is 0 Å². The van der Waals surface area contributed by atoms with Crippen LogP contribution in [-0.4, -0.2) is 23.8 Å². The van der Waals surface area contributed by atoms with Crippen LogP contribution >= 0.6 is 15.9 Å². The summed E-state index contributed by atoms with van der Waals surface area (Å²) in [4.78, 5) is 0. The van der Waals surface area contributed by atoms with Crippen molar-refractivity contribution in [3.63, 3.8) is 0 Å². The van der Waals surface area contributed by atoms with Gasteiger partial charge in [-0.2, -0.15) is 0 Å². The molecule has 1 aromatic carbocycles. The minimum absolute atomic E-state index is 0.189. The minimum atomic E-state index is -0.859. The SMILES string of the molecule is CC(O)(Cc1ccc(Br)cc1F)C1CCCNC1. The van der Waals surface area contributed by atoms with Gasteiger partial charge in [-0.15, -0.1) is 0 Å². The van der Waals surface area contributed by atoms with Crippen LogP contribution in [0.25, 0.3) is 0 Å². The van der Waals surface area contributed by atoms with Crippen molar-refractivity contribution in [2.24, 2.45) is 5.92 Å². The molecule has 1 aromatic rings. The monoisotopic (exact) mass is 315 g/mol. The molecule has 0 amide bonds. The van der Waals surface area contributed by atoms with Crippen LogP contribution in [0.3, 0.4) is 0 Å². The van der Waals surface area contributed by atoms with Crippen LogP contribution in [0.1, 0.15) is 25.3 Å². The molecule has 1 aliphatic rings. The van der Waals surface area contributed by atoms with E-state index in [0.29, 0.717) is 12.0 Å². The summed E-state index contributed by atoms with van der Waals surface area (Å²) >= 11 is 3.24. The number of piperidine rings is 1. The number of hydrogen-bond acceptors (Lipinski definition) is 2. The minimum Gasteiger partial charge on any atom is -0.389 e. The summed E-state index contributed by atoms with van der Waals surface area (Å²) in [6.45, 7) is 3.64. The number of halogens is 2. The third-order valence-electron chi connectivity index (χ3n) is 3.74. The summed E-state index contributed by atoms with van der Waals surface area (Å²) in [5, 5.41) is 13.9. The lowest BCUT2D eigenvalue weighted by Gasteiger charge is -2.36. The fourth-order valence-corrected chi connectivity index (χ4v) is 2.91. The number of rotatable bonds is 3. The Kier molecular flexibility index (Phi) is 4.41. The predicted molar refractivity (Wildman–Crippen MR) is 74.0 cm³/mol. The third kappa shape index (κ3) is 3.31. The average molecular weight is 316 g/mol. The number of benzene rings is 1. The van der Waals surface area contributed by atoms with Gasteiger partial charge in [0.25, 0.3) is 0 Å². The van der Waals surface area contributed by atoms with Gasteiger partial charge in [-0.25, -0.2) is 4.39 Å². The Labute approximate surface area is 116 Å². The lowest BCUT2D eigenvalue weighted by atomic mass is 9.79. The zero-order valence-electron chi connectivity index (χ0n) is 10.5. The highest BCUT2D eigenvalue weighted by molar-refractivity contribution is 9.10. The second kappa shape index (κ2) is 5.68. The molecule has 2 atom stereocenters. The van der Waals surface area contributed by atoms with Gasteiger partial charge in [0.05, 0.1) is 5.60 Å². The van der Waals surface area contributed by atoms with Gasteiger partial charge in [-0.3, -0.25) is 0 Å². The fourth-order valence-electron chi connectivity index (χ4n) is 2.58. The lowest BCUT2D eigenvalue weighted by Crippen LogP contribution is -2.45. The van der Waals surface area contributed by atoms with Crippen molar-refractivity contribution in [2.45, 2.75) is 31.8 Å². The number of nitrogens with one attached hydrogen (secondary N) is 1. The van der Waals surface area contributed by atoms with Crippen molar-refractivity contribution in [1.29, 1.82) is 0 Å². The molecule has 0 aliphatic carbocycles. The Morgan fingerprint density at radius 1 is 1.56 bits per heavy atom. The second-order valence-electron chi connectivity index (χ2n) is 5.31. The Balaban J connectivity index is 2.10. The number of hydrogen-bond donors (Lipinski definition) is 2. The average Bonchev–Trinajstić information content (AvgIpc) is 2.34. The van der Waals surface area contributed by atoms with E-state index in [1.54, 1.807) is 6.07 Å². The van der Waals surface area contributed by atoms with Crippen molar-refractivity contribution in [2.75, 3.05) is 13.1 Å². The molecule has 0 aromatic heterocycles. The smallest absolute Gasteiger partial charge is 0.127 e. The van der Waals surface area contributed by atoms with Gasteiger partial charge in [-0.05, 0) is 44.0 Å². The second-order valence-corrected chi connectivity index (χ2v) is 6.23. The van der Waals surface area contributed by atoms with Crippen molar-refractivity contribution in [1.82, 2.24) is 5.32 Å². The Morgan fingerprint density at radius 3 is 2.94 bits per heavy atom. The van der Waals surface area contributed by atoms with Gasteiger partial charge in [0.15, 0.2) is 0 Å². The predicted octanol–water partition coefficient (Wildman–Crippen LogP) is 2.88. The molecule has 18 heavy (non-hydrogen) atoms. The van der Waals surface area contributed by atoms with E-state index in [0.717, 1.165) is 30.4 Å². The van der Waals surface area contributed by atoms with Gasteiger partial charge in [0.1, 0.15) is 5.82 Å². The molecule has 2 nitrogen and oxygen atoms in total. The summed E-state index contributed by atoms with van der Waals surface area (Å²) in [7, 11) is 0. The molecule has 1 aliphatic heterocycles. The van der Waals surface area contributed by atoms with Crippen LogP contribution in [0.4, 0.5) is 4.39 Å². The summed E-state index contributed by atoms with van der Waals surface area (Å²) in [5.41, 5.74) is -0.281. The van der Waals surface area contributed by atoms with Gasteiger partial charge in [0.2, 0.25) is 0 Å². The van der Waals surface area contributed by atoms with Crippen LogP contribution < -0.4 is 5.32 Å². The molecule has 2 rings (SSSR count). The zero-order valence-corrected chi connectivity index (χ0v) is 12.1. The molecule has 2 N–H and O–H groups in total. The molecule has 100 valence electrons. The normalized spacial score (nSPS) is 23.7. The van der Waals surface area contributed by atoms with E-state index in [-0.39, 0.29) is 11.7 Å². The highest BCUT2D eigenvalue weighted by Gasteiger charge is 2.33. The quantitative estimate of drug-likeness (QED) is 0.899. The first-order chi connectivity index (χ1) is 8.49. The fraction of sp³-hybridized carbons (Fsp3) is 0.571. The summed E-state index contributed by atoms with van der Waals surface area (Å²) in [6, 6.07) is 5.00. The molecule has 4 heteroatoms. The molecule has 1 fully saturated rings. The molecule has 0 radical (unpaired) electrons. The first-order valence-electron chi connectivity index (χ1n) is 6.36. The number of aliphatic hydroxyl groups is 1. The van der Waals surface area contributed by atoms with E-state index >= 15 is 0 Å². The van der Waals surface area contributed by atoms with Crippen LogP contribution in [-0.2, 0) is 6.42 Å². The standard InChI is InChI=1S/C14H19BrFNO/c1-14(18,11-3-2-6-17-9-11)8-10-4-5-12(15)7-13(10)16/h4-5,7,11,17-18H,2-3,6,8-9H2,1H3. The highest BCUT2D eigenvalue weighted by atomic mass is 79.9. The maximum Gasteiger partial charge on any atom is 0.127 e. The van der Waals surface area contributed by atoms with Crippen molar-refractivity contribution >= 4 is 15.9 Å². The molecule has 0 bridgehead atoms. The summed E-state index contributed by atoms with van der Waals surface area (Å²) in [5.74, 6) is -0.0669. The molecule has 2 unspecified atom stereocenters. The molecule has 0 spiro atoms. The topological polar surface area (TPSA) is 32.3 Å². The Bertz CT molecular complexity index is 416.